The van der Waals surface area contributed by atoms with Gasteiger partial charge in [0.1, 0.15) is 11.9 Å². The average molecular weight is 399 g/mol. The van der Waals surface area contributed by atoms with Crippen LogP contribution in [0.5, 0.6) is 0 Å². The van der Waals surface area contributed by atoms with Crippen molar-refractivity contribution in [1.82, 2.24) is 9.99 Å². The van der Waals surface area contributed by atoms with Gasteiger partial charge in [-0.1, -0.05) is 6.07 Å². The fraction of sp³-hybridized carbons (Fsp3) is 0.118. The third-order valence-electron chi connectivity index (χ3n) is 3.45. The van der Waals surface area contributed by atoms with E-state index in [1.54, 1.807) is 18.2 Å². The molecule has 0 saturated carbocycles. The molecule has 2 aromatic rings. The zero-order valence-corrected chi connectivity index (χ0v) is 13.8. The summed E-state index contributed by atoms with van der Waals surface area (Å²) in [6.07, 6.45) is -7.86. The molecule has 3 N–H and O–H groups in total. The van der Waals surface area contributed by atoms with E-state index in [1.165, 1.54) is 12.3 Å². The summed E-state index contributed by atoms with van der Waals surface area (Å²) in [4.78, 5) is 3.89. The number of aromatic nitrogens is 1. The fourth-order valence-electron chi connectivity index (χ4n) is 2.12. The van der Waals surface area contributed by atoms with Crippen LogP contribution >= 0.6 is 0 Å². The molecule has 0 aliphatic heterocycles. The fourth-order valence-corrected chi connectivity index (χ4v) is 2.12. The number of rotatable bonds is 3. The van der Waals surface area contributed by atoms with Crippen LogP contribution in [0.15, 0.2) is 48.8 Å². The summed E-state index contributed by atoms with van der Waals surface area (Å²) in [5, 5.41) is 17.5. The molecule has 11 heteroatoms. The Morgan fingerprint density at radius 2 is 1.64 bits per heavy atom. The number of alkyl halides is 6. The van der Waals surface area contributed by atoms with Crippen LogP contribution in [0.3, 0.4) is 0 Å². The summed E-state index contributed by atoms with van der Waals surface area (Å²) in [6.45, 7) is 0. The van der Waals surface area contributed by atoms with Crippen molar-refractivity contribution < 1.29 is 26.3 Å². The lowest BCUT2D eigenvalue weighted by atomic mass is 10.0. The Bertz CT molecular complexity index is 909. The second-order valence-corrected chi connectivity index (χ2v) is 5.42. The standard InChI is InChI=1S/C17H11F6N5/c18-16(19,20)12-5-10(6-13(7-12)17(21,22)23)15(25)28(26)9-11(8-24)14-3-1-2-4-27-14/h1-7,9,25H,26H2. The minimum atomic E-state index is -5.06. The van der Waals surface area contributed by atoms with Crippen molar-refractivity contribution in [3.8, 4) is 6.07 Å². The minimum Gasteiger partial charge on any atom is -0.283 e. The molecule has 1 aromatic heterocycles. The van der Waals surface area contributed by atoms with Gasteiger partial charge in [0, 0.05) is 18.0 Å². The van der Waals surface area contributed by atoms with Crippen molar-refractivity contribution in [1.29, 1.82) is 10.7 Å². The van der Waals surface area contributed by atoms with Gasteiger partial charge in [0.2, 0.25) is 0 Å². The summed E-state index contributed by atoms with van der Waals surface area (Å²) < 4.78 is 77.6. The first-order chi connectivity index (χ1) is 12.9. The van der Waals surface area contributed by atoms with Crippen molar-refractivity contribution in [2.24, 2.45) is 5.84 Å². The Hall–Kier alpha value is -3.39. The predicted octanol–water partition coefficient (Wildman–Crippen LogP) is 4.18. The second-order valence-electron chi connectivity index (χ2n) is 5.42. The SMILES string of the molecule is N#CC(=CN(N)C(=N)c1cc(C(F)(F)F)cc(C(F)(F)F)c1)c1ccccn1. The summed E-state index contributed by atoms with van der Waals surface area (Å²) in [5.74, 6) is 4.70. The van der Waals surface area contributed by atoms with E-state index >= 15 is 0 Å². The third-order valence-corrected chi connectivity index (χ3v) is 3.45. The monoisotopic (exact) mass is 399 g/mol. The zero-order chi connectivity index (χ0) is 21.1. The van der Waals surface area contributed by atoms with E-state index in [1.807, 2.05) is 0 Å². The molecule has 0 bridgehead atoms. The van der Waals surface area contributed by atoms with Gasteiger partial charge in [-0.2, -0.15) is 31.6 Å². The van der Waals surface area contributed by atoms with E-state index in [2.05, 4.69) is 4.98 Å². The number of benzene rings is 1. The quantitative estimate of drug-likeness (QED) is 0.202. The number of nitriles is 1. The molecule has 1 aromatic carbocycles. The minimum absolute atomic E-state index is 0.0535. The molecule has 5 nitrogen and oxygen atoms in total. The normalized spacial score (nSPS) is 12.4. The molecule has 0 aliphatic carbocycles. The lowest BCUT2D eigenvalue weighted by molar-refractivity contribution is -0.143. The van der Waals surface area contributed by atoms with Gasteiger partial charge in [0.15, 0.2) is 0 Å². The summed E-state index contributed by atoms with van der Waals surface area (Å²) >= 11 is 0. The molecule has 0 atom stereocenters. The van der Waals surface area contributed by atoms with Gasteiger partial charge in [-0.3, -0.25) is 15.4 Å². The molecule has 0 aliphatic rings. The number of nitrogens with zero attached hydrogens (tertiary/aromatic N) is 3. The smallest absolute Gasteiger partial charge is 0.283 e. The first-order valence-corrected chi connectivity index (χ1v) is 7.39. The highest BCUT2D eigenvalue weighted by Gasteiger charge is 2.37. The van der Waals surface area contributed by atoms with Gasteiger partial charge in [0.05, 0.1) is 22.4 Å². The number of halogens is 6. The van der Waals surface area contributed by atoms with E-state index < -0.39 is 34.9 Å². The number of hydrazine groups is 1. The Kier molecular flexibility index (Phi) is 5.75. The summed E-state index contributed by atoms with van der Waals surface area (Å²) in [7, 11) is 0. The van der Waals surface area contributed by atoms with Crippen LogP contribution in [-0.2, 0) is 12.4 Å². The average Bonchev–Trinajstić information content (AvgIpc) is 2.64. The van der Waals surface area contributed by atoms with Crippen LogP contribution in [-0.4, -0.2) is 15.8 Å². The molecule has 0 radical (unpaired) electrons. The summed E-state index contributed by atoms with van der Waals surface area (Å²) in [6, 6.07) is 7.01. The number of nitrogens with one attached hydrogen (secondary N) is 1. The van der Waals surface area contributed by atoms with Crippen molar-refractivity contribution >= 4 is 11.4 Å². The largest absolute Gasteiger partial charge is 0.416 e. The Morgan fingerprint density at radius 3 is 2.07 bits per heavy atom. The van der Waals surface area contributed by atoms with Crippen molar-refractivity contribution in [2.75, 3.05) is 0 Å². The highest BCUT2D eigenvalue weighted by atomic mass is 19.4. The van der Waals surface area contributed by atoms with E-state index in [0.29, 0.717) is 17.1 Å². The maximum Gasteiger partial charge on any atom is 0.416 e. The Morgan fingerprint density at radius 1 is 1.07 bits per heavy atom. The number of pyridine rings is 1. The molecule has 2 rings (SSSR count). The van der Waals surface area contributed by atoms with Gasteiger partial charge in [-0.25, -0.2) is 5.84 Å². The Labute approximate surface area is 154 Å². The predicted molar refractivity (Wildman–Crippen MR) is 87.1 cm³/mol. The molecular formula is C17H11F6N5. The van der Waals surface area contributed by atoms with Gasteiger partial charge >= 0.3 is 12.4 Å². The Balaban J connectivity index is 2.47. The third kappa shape index (κ3) is 4.86. The first kappa shape index (κ1) is 20.9. The summed E-state index contributed by atoms with van der Waals surface area (Å²) in [5.41, 5.74) is -3.86. The van der Waals surface area contributed by atoms with Crippen molar-refractivity contribution in [3.05, 3.63) is 71.2 Å². The van der Waals surface area contributed by atoms with Gasteiger partial charge in [0.25, 0.3) is 0 Å². The number of hydrogen-bond donors (Lipinski definition) is 2. The number of hydrogen-bond acceptors (Lipinski definition) is 4. The highest BCUT2D eigenvalue weighted by Crippen LogP contribution is 2.36. The molecule has 0 unspecified atom stereocenters. The van der Waals surface area contributed by atoms with Gasteiger partial charge in [-0.15, -0.1) is 0 Å². The van der Waals surface area contributed by atoms with Crippen molar-refractivity contribution in [3.63, 3.8) is 0 Å². The molecular weight excluding hydrogens is 388 g/mol. The van der Waals surface area contributed by atoms with E-state index in [-0.39, 0.29) is 17.3 Å². The number of nitrogens with two attached hydrogens (primary N) is 1. The lowest BCUT2D eigenvalue weighted by Crippen LogP contribution is -2.33. The number of amidine groups is 1. The molecule has 0 saturated heterocycles. The maximum atomic E-state index is 12.9. The van der Waals surface area contributed by atoms with E-state index in [4.69, 9.17) is 11.3 Å². The van der Waals surface area contributed by atoms with Gasteiger partial charge < -0.3 is 0 Å². The molecule has 146 valence electrons. The lowest BCUT2D eigenvalue weighted by Gasteiger charge is -2.19. The molecule has 0 amide bonds. The van der Waals surface area contributed by atoms with Crippen LogP contribution in [0.4, 0.5) is 26.3 Å². The van der Waals surface area contributed by atoms with Crippen molar-refractivity contribution in [2.45, 2.75) is 12.4 Å². The van der Waals surface area contributed by atoms with Crippen LogP contribution in [0.1, 0.15) is 22.4 Å². The first-order valence-electron chi connectivity index (χ1n) is 7.39. The molecule has 0 fully saturated rings. The highest BCUT2D eigenvalue weighted by molar-refractivity contribution is 5.98. The van der Waals surface area contributed by atoms with Gasteiger partial charge in [-0.05, 0) is 30.3 Å². The van der Waals surface area contributed by atoms with Crippen LogP contribution < -0.4 is 5.84 Å². The van der Waals surface area contributed by atoms with Crippen LogP contribution in [0.2, 0.25) is 0 Å². The zero-order valence-electron chi connectivity index (χ0n) is 13.8. The van der Waals surface area contributed by atoms with Crippen LogP contribution in [0.25, 0.3) is 5.57 Å². The van der Waals surface area contributed by atoms with E-state index in [9.17, 15) is 31.6 Å². The molecule has 1 heterocycles. The number of allylic oxidation sites excluding steroid dienone is 1. The molecule has 0 spiro atoms. The van der Waals surface area contributed by atoms with E-state index in [0.717, 1.165) is 6.20 Å². The molecule has 28 heavy (non-hydrogen) atoms. The second kappa shape index (κ2) is 7.69. The van der Waals surface area contributed by atoms with Crippen LogP contribution in [0, 0.1) is 16.7 Å². The maximum absolute atomic E-state index is 12.9. The topological polar surface area (TPSA) is 89.8 Å².